The summed E-state index contributed by atoms with van der Waals surface area (Å²) in [6, 6.07) is 15.2. The third kappa shape index (κ3) is 3.76. The number of rotatable bonds is 5. The second-order valence-electron chi connectivity index (χ2n) is 7.40. The van der Waals surface area contributed by atoms with Gasteiger partial charge in [0.25, 0.3) is 0 Å². The molecule has 0 bridgehead atoms. The maximum atomic E-state index is 12.7. The molecule has 0 radical (unpaired) electrons. The largest absolute Gasteiger partial charge is 0.337 e. The molecule has 1 N–H and O–H groups in total. The summed E-state index contributed by atoms with van der Waals surface area (Å²) in [5.41, 5.74) is 3.94. The number of urea groups is 1. The normalized spacial score (nSPS) is 15.2. The van der Waals surface area contributed by atoms with E-state index >= 15 is 0 Å². The molecule has 154 valence electrons. The highest BCUT2D eigenvalue weighted by atomic mass is 16.2. The van der Waals surface area contributed by atoms with E-state index in [-0.39, 0.29) is 37.4 Å². The third-order valence-electron chi connectivity index (χ3n) is 5.55. The van der Waals surface area contributed by atoms with Gasteiger partial charge < -0.3 is 9.80 Å². The van der Waals surface area contributed by atoms with E-state index in [0.29, 0.717) is 0 Å². The molecule has 30 heavy (non-hydrogen) atoms. The first-order valence-corrected chi connectivity index (χ1v) is 9.81. The van der Waals surface area contributed by atoms with Gasteiger partial charge in [0.15, 0.2) is 0 Å². The molecule has 1 aliphatic rings. The van der Waals surface area contributed by atoms with Crippen molar-refractivity contribution >= 4 is 28.9 Å². The molecule has 8 nitrogen and oxygen atoms in total. The van der Waals surface area contributed by atoms with Crippen LogP contribution in [0.2, 0.25) is 0 Å². The Balaban J connectivity index is 1.45. The van der Waals surface area contributed by atoms with Crippen LogP contribution in [-0.2, 0) is 9.59 Å². The zero-order valence-electron chi connectivity index (χ0n) is 16.9. The summed E-state index contributed by atoms with van der Waals surface area (Å²) in [6.07, 6.45) is 2.01. The van der Waals surface area contributed by atoms with Crippen molar-refractivity contribution in [2.24, 2.45) is 0 Å². The standard InChI is InChI=1S/C22H23N5O3/c1-15(25(2)21(29)13-26-12-11-20(28)24-22(26)30)16-7-9-17(10-8-16)27-14-23-18-5-3-4-6-19(18)27/h3-10,14-15H,11-13H2,1-2H3,(H,24,28,30). The predicted molar refractivity (Wildman–Crippen MR) is 112 cm³/mol. The lowest BCUT2D eigenvalue weighted by Gasteiger charge is -2.30. The number of imidazole rings is 1. The second-order valence-corrected chi connectivity index (χ2v) is 7.40. The number of fused-ring (bicyclic) bond motifs is 1. The highest BCUT2D eigenvalue weighted by Crippen LogP contribution is 2.23. The third-order valence-corrected chi connectivity index (χ3v) is 5.55. The maximum absolute atomic E-state index is 12.7. The van der Waals surface area contributed by atoms with Crippen LogP contribution in [0.1, 0.15) is 24.9 Å². The lowest BCUT2D eigenvalue weighted by atomic mass is 10.1. The Morgan fingerprint density at radius 3 is 2.63 bits per heavy atom. The minimum atomic E-state index is -0.516. The zero-order valence-corrected chi connectivity index (χ0v) is 16.9. The number of hydrogen-bond acceptors (Lipinski definition) is 4. The van der Waals surface area contributed by atoms with Gasteiger partial charge in [-0.05, 0) is 36.8 Å². The van der Waals surface area contributed by atoms with E-state index in [1.54, 1.807) is 18.3 Å². The average molecular weight is 405 g/mol. The van der Waals surface area contributed by atoms with Crippen molar-refractivity contribution < 1.29 is 14.4 Å². The Bertz CT molecular complexity index is 1110. The topological polar surface area (TPSA) is 87.5 Å². The van der Waals surface area contributed by atoms with E-state index in [1.807, 2.05) is 60.0 Å². The SMILES string of the molecule is CC(c1ccc(-n2cnc3ccccc32)cc1)N(C)C(=O)CN1CCC(=O)NC1=O. The number of nitrogens with one attached hydrogen (secondary N) is 1. The fraction of sp³-hybridized carbons (Fsp3) is 0.273. The molecule has 1 unspecified atom stereocenters. The fourth-order valence-electron chi connectivity index (χ4n) is 3.54. The number of likely N-dealkylation sites (N-methyl/N-ethyl adjacent to an activating group) is 1. The van der Waals surface area contributed by atoms with Crippen LogP contribution in [0.15, 0.2) is 54.9 Å². The van der Waals surface area contributed by atoms with Crippen LogP contribution in [0, 0.1) is 0 Å². The summed E-state index contributed by atoms with van der Waals surface area (Å²) in [7, 11) is 1.72. The lowest BCUT2D eigenvalue weighted by molar-refractivity contribution is -0.133. The highest BCUT2D eigenvalue weighted by Gasteiger charge is 2.27. The van der Waals surface area contributed by atoms with E-state index in [9.17, 15) is 14.4 Å². The van der Waals surface area contributed by atoms with Crippen LogP contribution >= 0.6 is 0 Å². The van der Waals surface area contributed by atoms with Crippen molar-refractivity contribution in [3.63, 3.8) is 0 Å². The summed E-state index contributed by atoms with van der Waals surface area (Å²) in [4.78, 5) is 43.2. The number of hydrogen-bond donors (Lipinski definition) is 1. The number of benzene rings is 2. The Morgan fingerprint density at radius 2 is 1.90 bits per heavy atom. The molecule has 0 spiro atoms. The van der Waals surface area contributed by atoms with Crippen molar-refractivity contribution in [2.45, 2.75) is 19.4 Å². The zero-order chi connectivity index (χ0) is 21.3. The van der Waals surface area contributed by atoms with Gasteiger partial charge in [-0.3, -0.25) is 19.5 Å². The fourth-order valence-corrected chi connectivity index (χ4v) is 3.54. The molecule has 1 aromatic heterocycles. The Morgan fingerprint density at radius 1 is 1.17 bits per heavy atom. The van der Waals surface area contributed by atoms with Crippen LogP contribution in [0.3, 0.4) is 0 Å². The van der Waals surface area contributed by atoms with Crippen LogP contribution < -0.4 is 5.32 Å². The molecule has 0 saturated carbocycles. The minimum absolute atomic E-state index is 0.0565. The van der Waals surface area contributed by atoms with Crippen LogP contribution in [-0.4, -0.2) is 57.3 Å². The van der Waals surface area contributed by atoms with E-state index in [0.717, 1.165) is 22.3 Å². The molecule has 3 aromatic rings. The molecule has 1 fully saturated rings. The molecule has 2 heterocycles. The lowest BCUT2D eigenvalue weighted by Crippen LogP contribution is -2.52. The van der Waals surface area contributed by atoms with E-state index in [2.05, 4.69) is 10.3 Å². The second kappa shape index (κ2) is 7.98. The molecule has 4 amide bonds. The van der Waals surface area contributed by atoms with Crippen molar-refractivity contribution in [1.29, 1.82) is 0 Å². The van der Waals surface area contributed by atoms with Gasteiger partial charge in [0, 0.05) is 25.7 Å². The van der Waals surface area contributed by atoms with Crippen molar-refractivity contribution in [3.8, 4) is 5.69 Å². The molecule has 1 aliphatic heterocycles. The van der Waals surface area contributed by atoms with Gasteiger partial charge in [0.05, 0.1) is 17.1 Å². The number of amides is 4. The Labute approximate surface area is 174 Å². The van der Waals surface area contributed by atoms with Crippen molar-refractivity contribution in [3.05, 3.63) is 60.4 Å². The summed E-state index contributed by atoms with van der Waals surface area (Å²) in [6.45, 7) is 2.14. The molecule has 1 saturated heterocycles. The van der Waals surface area contributed by atoms with Crippen molar-refractivity contribution in [2.75, 3.05) is 20.1 Å². The molecule has 8 heteroatoms. The van der Waals surface area contributed by atoms with Gasteiger partial charge in [0.1, 0.15) is 12.9 Å². The van der Waals surface area contributed by atoms with Gasteiger partial charge >= 0.3 is 6.03 Å². The van der Waals surface area contributed by atoms with E-state index < -0.39 is 6.03 Å². The summed E-state index contributed by atoms with van der Waals surface area (Å²) < 4.78 is 2.02. The van der Waals surface area contributed by atoms with Gasteiger partial charge in [-0.25, -0.2) is 9.78 Å². The minimum Gasteiger partial charge on any atom is -0.337 e. The first-order chi connectivity index (χ1) is 14.4. The molecule has 0 aliphatic carbocycles. The van der Waals surface area contributed by atoms with Crippen LogP contribution in [0.25, 0.3) is 16.7 Å². The molecular weight excluding hydrogens is 382 g/mol. The van der Waals surface area contributed by atoms with Gasteiger partial charge in [-0.15, -0.1) is 0 Å². The number of para-hydroxylation sites is 2. The highest BCUT2D eigenvalue weighted by molar-refractivity contribution is 5.98. The van der Waals surface area contributed by atoms with Crippen LogP contribution in [0.5, 0.6) is 0 Å². The monoisotopic (exact) mass is 405 g/mol. The van der Waals surface area contributed by atoms with Gasteiger partial charge in [-0.2, -0.15) is 0 Å². The number of nitrogens with zero attached hydrogens (tertiary/aromatic N) is 4. The molecule has 4 rings (SSSR count). The molecule has 1 atom stereocenters. The molecular formula is C22H23N5O3. The van der Waals surface area contributed by atoms with E-state index in [4.69, 9.17) is 0 Å². The first kappa shape index (κ1) is 19.6. The van der Waals surface area contributed by atoms with Gasteiger partial charge in [-0.1, -0.05) is 24.3 Å². The van der Waals surface area contributed by atoms with Crippen LogP contribution in [0.4, 0.5) is 4.79 Å². The first-order valence-electron chi connectivity index (χ1n) is 9.81. The summed E-state index contributed by atoms with van der Waals surface area (Å²) in [5, 5.41) is 2.24. The molecule has 2 aromatic carbocycles. The number of aromatic nitrogens is 2. The average Bonchev–Trinajstić information content (AvgIpc) is 3.19. The summed E-state index contributed by atoms with van der Waals surface area (Å²) >= 11 is 0. The smallest absolute Gasteiger partial charge is 0.324 e. The van der Waals surface area contributed by atoms with Crippen molar-refractivity contribution in [1.82, 2.24) is 24.7 Å². The summed E-state index contributed by atoms with van der Waals surface area (Å²) in [5.74, 6) is -0.493. The number of carbonyl (C=O) groups excluding carboxylic acids is 3. The predicted octanol–water partition coefficient (Wildman–Crippen LogP) is 2.49. The number of carbonyl (C=O) groups is 3. The van der Waals surface area contributed by atoms with E-state index in [1.165, 1.54) is 4.90 Å². The Hall–Kier alpha value is -3.68. The number of imide groups is 1. The maximum Gasteiger partial charge on any atom is 0.324 e. The van der Waals surface area contributed by atoms with Gasteiger partial charge in [0.2, 0.25) is 11.8 Å². The quantitative estimate of drug-likeness (QED) is 0.706. The Kier molecular flexibility index (Phi) is 5.22.